The van der Waals surface area contributed by atoms with Gasteiger partial charge < -0.3 is 15.8 Å². The average Bonchev–Trinajstić information content (AvgIpc) is 2.88. The number of para-hydroxylation sites is 1. The summed E-state index contributed by atoms with van der Waals surface area (Å²) in [7, 11) is 0. The number of H-pyrrole nitrogens is 1. The molecule has 2 aromatic rings. The first kappa shape index (κ1) is 13.5. The Bertz CT molecular complexity index is 665. The summed E-state index contributed by atoms with van der Waals surface area (Å²) in [6, 6.07) is 7.65. The number of aryl methyl sites for hydroxylation is 1. The van der Waals surface area contributed by atoms with Crippen LogP contribution in [0.1, 0.15) is 41.1 Å². The van der Waals surface area contributed by atoms with Gasteiger partial charge in [0.25, 0.3) is 5.91 Å². The molecule has 3 rings (SSSR count). The van der Waals surface area contributed by atoms with Gasteiger partial charge in [0.05, 0.1) is 24.0 Å². The van der Waals surface area contributed by atoms with Crippen LogP contribution in [-0.2, 0) is 6.42 Å². The van der Waals surface area contributed by atoms with E-state index in [1.165, 1.54) is 0 Å². The zero-order valence-corrected chi connectivity index (χ0v) is 11.8. The van der Waals surface area contributed by atoms with Crippen LogP contribution in [0.15, 0.2) is 24.3 Å². The molecular formula is C15H18N4O2. The molecular weight excluding hydrogens is 268 g/mol. The Labute approximate surface area is 122 Å². The van der Waals surface area contributed by atoms with Gasteiger partial charge in [0.1, 0.15) is 5.75 Å². The molecule has 6 heteroatoms. The number of hydrogen-bond donors (Lipinski definition) is 3. The van der Waals surface area contributed by atoms with E-state index in [1.54, 1.807) is 0 Å². The number of hydrogen-bond acceptors (Lipinski definition) is 4. The largest absolute Gasteiger partial charge is 0.493 e. The number of aromatic amines is 1. The summed E-state index contributed by atoms with van der Waals surface area (Å²) in [4.78, 5) is 12.4. The highest BCUT2D eigenvalue weighted by molar-refractivity contribution is 5.97. The third kappa shape index (κ3) is 2.44. The van der Waals surface area contributed by atoms with Crippen molar-refractivity contribution >= 4 is 11.6 Å². The molecule has 6 nitrogen and oxygen atoms in total. The van der Waals surface area contributed by atoms with E-state index in [1.807, 2.05) is 31.2 Å². The Morgan fingerprint density at radius 2 is 2.33 bits per heavy atom. The zero-order valence-electron chi connectivity index (χ0n) is 11.8. The fourth-order valence-corrected chi connectivity index (χ4v) is 2.55. The molecule has 0 saturated carbocycles. The lowest BCUT2D eigenvalue weighted by Gasteiger charge is -2.26. The number of carbonyl (C=O) groups excluding carboxylic acids is 1. The molecule has 1 aliphatic heterocycles. The SMILES string of the molecule is CCc1[nH]nc(C(=O)NC2CCOc3ccccc32)c1N. The number of benzene rings is 1. The predicted molar refractivity (Wildman–Crippen MR) is 79.1 cm³/mol. The van der Waals surface area contributed by atoms with E-state index in [0.29, 0.717) is 18.7 Å². The first-order valence-electron chi connectivity index (χ1n) is 7.06. The van der Waals surface area contributed by atoms with Crippen LogP contribution in [0.2, 0.25) is 0 Å². The number of rotatable bonds is 3. The molecule has 0 fully saturated rings. The lowest BCUT2D eigenvalue weighted by atomic mass is 10.0. The van der Waals surface area contributed by atoms with E-state index >= 15 is 0 Å². The highest BCUT2D eigenvalue weighted by atomic mass is 16.5. The summed E-state index contributed by atoms with van der Waals surface area (Å²) in [6.07, 6.45) is 1.44. The van der Waals surface area contributed by atoms with Gasteiger partial charge in [-0.1, -0.05) is 25.1 Å². The molecule has 4 N–H and O–H groups in total. The van der Waals surface area contributed by atoms with Crippen LogP contribution < -0.4 is 15.8 Å². The number of ether oxygens (including phenoxy) is 1. The minimum atomic E-state index is -0.259. The van der Waals surface area contributed by atoms with Crippen molar-refractivity contribution in [3.05, 3.63) is 41.2 Å². The molecule has 1 aliphatic rings. The van der Waals surface area contributed by atoms with Gasteiger partial charge in [0, 0.05) is 12.0 Å². The number of nitrogen functional groups attached to an aromatic ring is 1. The second-order valence-electron chi connectivity index (χ2n) is 5.02. The monoisotopic (exact) mass is 286 g/mol. The van der Waals surface area contributed by atoms with Crippen LogP contribution in [0.5, 0.6) is 5.75 Å². The Morgan fingerprint density at radius 3 is 3.10 bits per heavy atom. The normalized spacial score (nSPS) is 16.9. The van der Waals surface area contributed by atoms with Crippen molar-refractivity contribution in [2.75, 3.05) is 12.3 Å². The van der Waals surface area contributed by atoms with E-state index < -0.39 is 0 Å². The van der Waals surface area contributed by atoms with Crippen LogP contribution in [0.4, 0.5) is 5.69 Å². The highest BCUT2D eigenvalue weighted by Gasteiger charge is 2.25. The van der Waals surface area contributed by atoms with Crippen LogP contribution in [0, 0.1) is 0 Å². The molecule has 0 radical (unpaired) electrons. The number of nitrogens with one attached hydrogen (secondary N) is 2. The summed E-state index contributed by atoms with van der Waals surface area (Å²) in [5.74, 6) is 0.559. The summed E-state index contributed by atoms with van der Waals surface area (Å²) in [5.41, 5.74) is 8.39. The number of fused-ring (bicyclic) bond motifs is 1. The minimum absolute atomic E-state index is 0.0800. The van der Waals surface area contributed by atoms with Gasteiger partial charge in [-0.3, -0.25) is 9.89 Å². The third-order valence-electron chi connectivity index (χ3n) is 3.72. The molecule has 1 unspecified atom stereocenters. The maximum Gasteiger partial charge on any atom is 0.274 e. The molecule has 1 aromatic carbocycles. The number of anilines is 1. The Kier molecular flexibility index (Phi) is 3.51. The fourth-order valence-electron chi connectivity index (χ4n) is 2.55. The standard InChI is InChI=1S/C15H18N4O2/c1-2-10-13(16)14(19-18-10)15(20)17-11-7-8-21-12-6-4-3-5-9(11)12/h3-6,11H,2,7-8,16H2,1H3,(H,17,20)(H,18,19). The van der Waals surface area contributed by atoms with Crippen LogP contribution in [0.25, 0.3) is 0 Å². The smallest absolute Gasteiger partial charge is 0.274 e. The van der Waals surface area contributed by atoms with E-state index in [-0.39, 0.29) is 17.6 Å². The quantitative estimate of drug-likeness (QED) is 0.802. The number of nitrogens with zero attached hydrogens (tertiary/aromatic N) is 1. The number of amides is 1. The Hall–Kier alpha value is -2.50. The first-order chi connectivity index (χ1) is 10.2. The molecule has 1 amide bonds. The molecule has 0 spiro atoms. The molecule has 1 aromatic heterocycles. The molecule has 21 heavy (non-hydrogen) atoms. The molecule has 1 atom stereocenters. The zero-order chi connectivity index (χ0) is 14.8. The Morgan fingerprint density at radius 1 is 1.52 bits per heavy atom. The topological polar surface area (TPSA) is 93.0 Å². The van der Waals surface area contributed by atoms with Crippen molar-refractivity contribution in [3.63, 3.8) is 0 Å². The van der Waals surface area contributed by atoms with Crippen molar-refractivity contribution in [3.8, 4) is 5.75 Å². The summed E-state index contributed by atoms with van der Waals surface area (Å²) < 4.78 is 5.59. The molecule has 2 heterocycles. The van der Waals surface area contributed by atoms with E-state index in [2.05, 4.69) is 15.5 Å². The second-order valence-corrected chi connectivity index (χ2v) is 5.02. The lowest BCUT2D eigenvalue weighted by molar-refractivity contribution is 0.0920. The second kappa shape index (κ2) is 5.47. The summed E-state index contributed by atoms with van der Waals surface area (Å²) >= 11 is 0. The fraction of sp³-hybridized carbons (Fsp3) is 0.333. The summed E-state index contributed by atoms with van der Waals surface area (Å²) in [5, 5.41) is 9.80. The third-order valence-corrected chi connectivity index (χ3v) is 3.72. The van der Waals surface area contributed by atoms with Gasteiger partial charge in [-0.05, 0) is 12.5 Å². The molecule has 0 aliphatic carbocycles. The maximum absolute atomic E-state index is 12.4. The van der Waals surface area contributed by atoms with Crippen LogP contribution in [-0.4, -0.2) is 22.7 Å². The highest BCUT2D eigenvalue weighted by Crippen LogP contribution is 2.31. The van der Waals surface area contributed by atoms with E-state index in [9.17, 15) is 4.79 Å². The predicted octanol–water partition coefficient (Wildman–Crippen LogP) is 1.81. The molecule has 0 saturated heterocycles. The number of aromatic nitrogens is 2. The van der Waals surface area contributed by atoms with Crippen molar-refractivity contribution in [1.82, 2.24) is 15.5 Å². The van der Waals surface area contributed by atoms with Crippen LogP contribution >= 0.6 is 0 Å². The van der Waals surface area contributed by atoms with Gasteiger partial charge in [-0.25, -0.2) is 0 Å². The Balaban J connectivity index is 1.81. The maximum atomic E-state index is 12.4. The van der Waals surface area contributed by atoms with Crippen molar-refractivity contribution in [1.29, 1.82) is 0 Å². The molecule has 110 valence electrons. The lowest BCUT2D eigenvalue weighted by Crippen LogP contribution is -2.32. The average molecular weight is 286 g/mol. The minimum Gasteiger partial charge on any atom is -0.493 e. The van der Waals surface area contributed by atoms with Crippen molar-refractivity contribution in [2.45, 2.75) is 25.8 Å². The van der Waals surface area contributed by atoms with Gasteiger partial charge in [0.2, 0.25) is 0 Å². The number of carbonyl (C=O) groups is 1. The summed E-state index contributed by atoms with van der Waals surface area (Å²) in [6.45, 7) is 2.54. The van der Waals surface area contributed by atoms with Gasteiger partial charge in [-0.2, -0.15) is 5.10 Å². The number of nitrogens with two attached hydrogens (primary N) is 1. The van der Waals surface area contributed by atoms with Gasteiger partial charge in [0.15, 0.2) is 5.69 Å². The molecule has 0 bridgehead atoms. The van der Waals surface area contributed by atoms with Gasteiger partial charge in [-0.15, -0.1) is 0 Å². The van der Waals surface area contributed by atoms with E-state index in [4.69, 9.17) is 10.5 Å². The van der Waals surface area contributed by atoms with E-state index in [0.717, 1.165) is 23.4 Å². The van der Waals surface area contributed by atoms with Crippen molar-refractivity contribution in [2.24, 2.45) is 0 Å². The van der Waals surface area contributed by atoms with Gasteiger partial charge >= 0.3 is 0 Å². The van der Waals surface area contributed by atoms with Crippen molar-refractivity contribution < 1.29 is 9.53 Å². The van der Waals surface area contributed by atoms with Crippen LogP contribution in [0.3, 0.4) is 0 Å². The first-order valence-corrected chi connectivity index (χ1v) is 7.06.